The molecule has 1 heterocycles. The highest BCUT2D eigenvalue weighted by molar-refractivity contribution is 7.99. The Morgan fingerprint density at radius 3 is 2.74 bits per heavy atom. The van der Waals surface area contributed by atoms with Gasteiger partial charge in [0, 0.05) is 32.5 Å². The highest BCUT2D eigenvalue weighted by Gasteiger charge is 2.08. The molecule has 0 saturated heterocycles. The van der Waals surface area contributed by atoms with Gasteiger partial charge in [0.15, 0.2) is 11.4 Å². The van der Waals surface area contributed by atoms with E-state index in [9.17, 15) is 0 Å². The maximum Gasteiger partial charge on any atom is 0.166 e. The standard InChI is InChI=1S/C13H18N2O3S/c1-16-9-4-5-10-11(8-9)15-13(14-10)19-7-6-12(17-2)18-3/h4-5,8,12H,6-7H2,1-3H3,(H,14,15). The minimum Gasteiger partial charge on any atom is -0.497 e. The summed E-state index contributed by atoms with van der Waals surface area (Å²) in [5.41, 5.74) is 1.93. The fourth-order valence-corrected chi connectivity index (χ4v) is 2.59. The van der Waals surface area contributed by atoms with Gasteiger partial charge in [-0.25, -0.2) is 4.98 Å². The lowest BCUT2D eigenvalue weighted by Gasteiger charge is -2.11. The summed E-state index contributed by atoms with van der Waals surface area (Å²) in [5.74, 6) is 1.70. The van der Waals surface area contributed by atoms with Gasteiger partial charge >= 0.3 is 0 Å². The summed E-state index contributed by atoms with van der Waals surface area (Å²) in [7, 11) is 4.95. The van der Waals surface area contributed by atoms with Gasteiger partial charge in [0.25, 0.3) is 0 Å². The predicted molar refractivity (Wildman–Crippen MR) is 75.8 cm³/mol. The van der Waals surface area contributed by atoms with Gasteiger partial charge in [-0.1, -0.05) is 11.8 Å². The maximum atomic E-state index is 5.19. The SMILES string of the molecule is COc1ccc2nc(SCCC(OC)OC)[nH]c2c1. The number of hydrogen-bond donors (Lipinski definition) is 1. The number of fused-ring (bicyclic) bond motifs is 1. The Hall–Kier alpha value is -1.24. The fraction of sp³-hybridized carbons (Fsp3) is 0.462. The molecule has 0 bridgehead atoms. The Morgan fingerprint density at radius 2 is 2.05 bits per heavy atom. The largest absolute Gasteiger partial charge is 0.497 e. The molecule has 1 aromatic heterocycles. The molecule has 5 nitrogen and oxygen atoms in total. The molecule has 6 heteroatoms. The molecule has 0 fully saturated rings. The Morgan fingerprint density at radius 1 is 1.26 bits per heavy atom. The van der Waals surface area contributed by atoms with Gasteiger partial charge in [-0.2, -0.15) is 0 Å². The lowest BCUT2D eigenvalue weighted by molar-refractivity contribution is -0.102. The second kappa shape index (κ2) is 6.79. The lowest BCUT2D eigenvalue weighted by atomic mass is 10.3. The van der Waals surface area contributed by atoms with Crippen LogP contribution in [-0.4, -0.2) is 43.3 Å². The first-order valence-corrected chi connectivity index (χ1v) is 6.97. The number of benzene rings is 1. The minimum atomic E-state index is -0.156. The number of rotatable bonds is 7. The molecule has 0 aliphatic rings. The van der Waals surface area contributed by atoms with Gasteiger partial charge in [0.05, 0.1) is 18.1 Å². The molecule has 1 aromatic carbocycles. The third-order valence-electron chi connectivity index (χ3n) is 2.79. The van der Waals surface area contributed by atoms with E-state index in [1.807, 2.05) is 18.2 Å². The highest BCUT2D eigenvalue weighted by Crippen LogP contribution is 2.23. The smallest absolute Gasteiger partial charge is 0.166 e. The molecule has 2 rings (SSSR count). The number of methoxy groups -OCH3 is 3. The zero-order valence-corrected chi connectivity index (χ0v) is 12.1. The monoisotopic (exact) mass is 282 g/mol. The van der Waals surface area contributed by atoms with Crippen LogP contribution in [0.4, 0.5) is 0 Å². The molecule has 0 atom stereocenters. The Labute approximate surface area is 116 Å². The number of ether oxygens (including phenoxy) is 3. The van der Waals surface area contributed by atoms with E-state index in [2.05, 4.69) is 9.97 Å². The van der Waals surface area contributed by atoms with Crippen LogP contribution in [0.3, 0.4) is 0 Å². The van der Waals surface area contributed by atoms with Crippen LogP contribution in [0.5, 0.6) is 5.75 Å². The summed E-state index contributed by atoms with van der Waals surface area (Å²) in [6, 6.07) is 5.80. The molecular weight excluding hydrogens is 264 g/mol. The first-order chi connectivity index (χ1) is 9.26. The van der Waals surface area contributed by atoms with Gasteiger partial charge in [0.2, 0.25) is 0 Å². The van der Waals surface area contributed by atoms with Crippen molar-refractivity contribution in [3.05, 3.63) is 18.2 Å². The number of nitrogens with one attached hydrogen (secondary N) is 1. The number of imidazole rings is 1. The second-order valence-corrected chi connectivity index (χ2v) is 5.05. The van der Waals surface area contributed by atoms with Gasteiger partial charge < -0.3 is 19.2 Å². The molecule has 0 saturated carbocycles. The van der Waals surface area contributed by atoms with Crippen molar-refractivity contribution in [3.8, 4) is 5.75 Å². The molecule has 1 N–H and O–H groups in total. The molecule has 19 heavy (non-hydrogen) atoms. The minimum absolute atomic E-state index is 0.156. The second-order valence-electron chi connectivity index (χ2n) is 3.96. The van der Waals surface area contributed by atoms with Crippen molar-refractivity contribution in [2.24, 2.45) is 0 Å². The van der Waals surface area contributed by atoms with Crippen molar-refractivity contribution in [2.45, 2.75) is 17.9 Å². The van der Waals surface area contributed by atoms with E-state index < -0.39 is 0 Å². The van der Waals surface area contributed by atoms with Crippen LogP contribution in [-0.2, 0) is 9.47 Å². The third kappa shape index (κ3) is 3.62. The average molecular weight is 282 g/mol. The molecule has 0 radical (unpaired) electrons. The Bertz CT molecular complexity index is 526. The molecule has 2 aromatic rings. The normalized spacial score (nSPS) is 11.4. The number of nitrogens with zero attached hydrogens (tertiary/aromatic N) is 1. The molecule has 104 valence electrons. The van der Waals surface area contributed by atoms with E-state index >= 15 is 0 Å². The van der Waals surface area contributed by atoms with Crippen molar-refractivity contribution in [3.63, 3.8) is 0 Å². The Kier molecular flexibility index (Phi) is 5.07. The van der Waals surface area contributed by atoms with E-state index in [4.69, 9.17) is 14.2 Å². The van der Waals surface area contributed by atoms with Crippen molar-refractivity contribution in [1.29, 1.82) is 0 Å². The van der Waals surface area contributed by atoms with Crippen LogP contribution in [0.1, 0.15) is 6.42 Å². The van der Waals surface area contributed by atoms with E-state index in [1.54, 1.807) is 33.1 Å². The molecular formula is C13H18N2O3S. The van der Waals surface area contributed by atoms with Crippen molar-refractivity contribution >= 4 is 22.8 Å². The Balaban J connectivity index is 1.97. The third-order valence-corrected chi connectivity index (χ3v) is 3.69. The number of aromatic amines is 1. The first-order valence-electron chi connectivity index (χ1n) is 5.99. The topological polar surface area (TPSA) is 56.4 Å². The molecule has 0 aliphatic heterocycles. The number of H-pyrrole nitrogens is 1. The van der Waals surface area contributed by atoms with Crippen LogP contribution >= 0.6 is 11.8 Å². The maximum absolute atomic E-state index is 5.19. The summed E-state index contributed by atoms with van der Waals surface area (Å²) in [6.07, 6.45) is 0.662. The number of thioether (sulfide) groups is 1. The van der Waals surface area contributed by atoms with Crippen LogP contribution < -0.4 is 4.74 Å². The van der Waals surface area contributed by atoms with Gasteiger partial charge in [-0.3, -0.25) is 0 Å². The first kappa shape index (κ1) is 14.2. The van der Waals surface area contributed by atoms with Gasteiger partial charge in [-0.15, -0.1) is 0 Å². The van der Waals surface area contributed by atoms with Crippen LogP contribution in [0.25, 0.3) is 11.0 Å². The van der Waals surface area contributed by atoms with E-state index in [1.165, 1.54) is 0 Å². The van der Waals surface area contributed by atoms with Crippen LogP contribution in [0.15, 0.2) is 23.4 Å². The zero-order valence-electron chi connectivity index (χ0n) is 11.3. The van der Waals surface area contributed by atoms with Crippen molar-refractivity contribution in [1.82, 2.24) is 9.97 Å². The van der Waals surface area contributed by atoms with E-state index in [-0.39, 0.29) is 6.29 Å². The summed E-state index contributed by atoms with van der Waals surface area (Å²) in [6.45, 7) is 0. The summed E-state index contributed by atoms with van der Waals surface area (Å²) < 4.78 is 15.5. The number of hydrogen-bond acceptors (Lipinski definition) is 5. The average Bonchev–Trinajstić information content (AvgIpc) is 2.85. The highest BCUT2D eigenvalue weighted by atomic mass is 32.2. The number of aromatic nitrogens is 2. The quantitative estimate of drug-likeness (QED) is 0.625. The lowest BCUT2D eigenvalue weighted by Crippen LogP contribution is -2.13. The van der Waals surface area contributed by atoms with Crippen molar-refractivity contribution in [2.75, 3.05) is 27.1 Å². The van der Waals surface area contributed by atoms with Crippen LogP contribution in [0.2, 0.25) is 0 Å². The van der Waals surface area contributed by atoms with Crippen LogP contribution in [0, 0.1) is 0 Å². The van der Waals surface area contributed by atoms with Gasteiger partial charge in [-0.05, 0) is 12.1 Å². The predicted octanol–water partition coefficient (Wildman–Crippen LogP) is 2.67. The van der Waals surface area contributed by atoms with Gasteiger partial charge in [0.1, 0.15) is 5.75 Å². The zero-order chi connectivity index (χ0) is 13.7. The summed E-state index contributed by atoms with van der Waals surface area (Å²) in [4.78, 5) is 7.78. The summed E-state index contributed by atoms with van der Waals surface area (Å²) >= 11 is 1.65. The van der Waals surface area contributed by atoms with Crippen molar-refractivity contribution < 1.29 is 14.2 Å². The molecule has 0 amide bonds. The summed E-state index contributed by atoms with van der Waals surface area (Å²) in [5, 5.41) is 0.897. The fourth-order valence-electron chi connectivity index (χ4n) is 1.74. The van der Waals surface area contributed by atoms with E-state index in [0.29, 0.717) is 0 Å². The molecule has 0 spiro atoms. The molecule has 0 unspecified atom stereocenters. The molecule has 0 aliphatic carbocycles. The van der Waals surface area contributed by atoms with E-state index in [0.717, 1.165) is 34.1 Å².